The second kappa shape index (κ2) is 8.11. The molecule has 1 N–H and O–H groups in total. The average molecular weight is 250 g/mol. The molecule has 102 valence electrons. The van der Waals surface area contributed by atoms with Crippen LogP contribution in [0.15, 0.2) is 24.3 Å². The molecule has 1 rings (SSSR count). The molecular formula is C15H26N2O. The van der Waals surface area contributed by atoms with Gasteiger partial charge in [0.15, 0.2) is 0 Å². The summed E-state index contributed by atoms with van der Waals surface area (Å²) in [5.74, 6) is 0.996. The first-order valence-electron chi connectivity index (χ1n) is 6.76. The van der Waals surface area contributed by atoms with Crippen molar-refractivity contribution in [1.82, 2.24) is 10.2 Å². The van der Waals surface area contributed by atoms with Crippen molar-refractivity contribution >= 4 is 0 Å². The second-order valence-electron chi connectivity index (χ2n) is 4.81. The van der Waals surface area contributed by atoms with Crippen LogP contribution in [0, 0.1) is 0 Å². The van der Waals surface area contributed by atoms with Gasteiger partial charge in [0.2, 0.25) is 0 Å². The highest BCUT2D eigenvalue weighted by Crippen LogP contribution is 2.17. The third kappa shape index (κ3) is 5.07. The Bertz CT molecular complexity index is 339. The summed E-state index contributed by atoms with van der Waals surface area (Å²) in [6, 6.07) is 8.80. The molecular weight excluding hydrogens is 224 g/mol. The predicted octanol–water partition coefficient (Wildman–Crippen LogP) is 2.52. The number of nitrogens with zero attached hydrogens (tertiary/aromatic N) is 1. The maximum absolute atomic E-state index is 5.87. The molecule has 0 spiro atoms. The van der Waals surface area contributed by atoms with Crippen LogP contribution in [-0.4, -0.2) is 37.7 Å². The molecule has 0 aromatic heterocycles. The summed E-state index contributed by atoms with van der Waals surface area (Å²) < 4.78 is 5.87. The van der Waals surface area contributed by atoms with Gasteiger partial charge in [-0.15, -0.1) is 0 Å². The van der Waals surface area contributed by atoms with Gasteiger partial charge in [0.25, 0.3) is 0 Å². The van der Waals surface area contributed by atoms with E-state index in [-0.39, 0.29) is 0 Å². The Morgan fingerprint density at radius 1 is 1.28 bits per heavy atom. The third-order valence-electron chi connectivity index (χ3n) is 3.12. The van der Waals surface area contributed by atoms with Crippen molar-refractivity contribution < 1.29 is 4.74 Å². The molecule has 0 saturated heterocycles. The highest BCUT2D eigenvalue weighted by molar-refractivity contribution is 5.33. The number of para-hydroxylation sites is 1. The van der Waals surface area contributed by atoms with Crippen molar-refractivity contribution in [3.63, 3.8) is 0 Å². The molecule has 3 nitrogen and oxygen atoms in total. The van der Waals surface area contributed by atoms with E-state index in [1.54, 1.807) is 0 Å². The van der Waals surface area contributed by atoms with Crippen LogP contribution in [0.25, 0.3) is 0 Å². The van der Waals surface area contributed by atoms with Crippen molar-refractivity contribution in [1.29, 1.82) is 0 Å². The molecule has 0 aliphatic carbocycles. The average Bonchev–Trinajstić information content (AvgIpc) is 2.37. The van der Waals surface area contributed by atoms with Gasteiger partial charge in [-0.25, -0.2) is 0 Å². The minimum Gasteiger partial charge on any atom is -0.492 e. The fourth-order valence-electron chi connectivity index (χ4n) is 1.61. The number of benzene rings is 1. The normalized spacial score (nSPS) is 11.2. The zero-order chi connectivity index (χ0) is 13.4. The van der Waals surface area contributed by atoms with Gasteiger partial charge in [-0.2, -0.15) is 0 Å². The van der Waals surface area contributed by atoms with Gasteiger partial charge in [0.05, 0.1) is 0 Å². The third-order valence-corrected chi connectivity index (χ3v) is 3.12. The van der Waals surface area contributed by atoms with Crippen LogP contribution in [-0.2, 0) is 6.54 Å². The first-order chi connectivity index (χ1) is 8.65. The lowest BCUT2D eigenvalue weighted by atomic mass is 10.2. The topological polar surface area (TPSA) is 24.5 Å². The van der Waals surface area contributed by atoms with Crippen LogP contribution in [0.5, 0.6) is 5.75 Å². The zero-order valence-corrected chi connectivity index (χ0v) is 12.1. The quantitative estimate of drug-likeness (QED) is 0.767. The van der Waals surface area contributed by atoms with E-state index in [2.05, 4.69) is 50.2 Å². The minimum absolute atomic E-state index is 0.561. The Kier molecular flexibility index (Phi) is 6.76. The molecule has 1 aromatic rings. The van der Waals surface area contributed by atoms with Gasteiger partial charge in [-0.05, 0) is 33.5 Å². The molecule has 0 aliphatic heterocycles. The van der Waals surface area contributed by atoms with Gasteiger partial charge in [-0.3, -0.25) is 0 Å². The first kappa shape index (κ1) is 15.0. The van der Waals surface area contributed by atoms with E-state index in [9.17, 15) is 0 Å². The summed E-state index contributed by atoms with van der Waals surface area (Å²) in [6.45, 7) is 10.0. The van der Waals surface area contributed by atoms with Crippen molar-refractivity contribution in [3.05, 3.63) is 29.8 Å². The molecule has 0 fully saturated rings. The molecule has 3 heteroatoms. The van der Waals surface area contributed by atoms with Crippen molar-refractivity contribution in [3.8, 4) is 5.75 Å². The summed E-state index contributed by atoms with van der Waals surface area (Å²) in [5, 5.41) is 3.33. The Morgan fingerprint density at radius 3 is 2.67 bits per heavy atom. The van der Waals surface area contributed by atoms with Crippen LogP contribution in [0.4, 0.5) is 0 Å². The monoisotopic (exact) mass is 250 g/mol. The van der Waals surface area contributed by atoms with Crippen LogP contribution < -0.4 is 10.1 Å². The Labute approximate surface area is 111 Å². The van der Waals surface area contributed by atoms with Crippen molar-refractivity contribution in [2.75, 3.05) is 26.7 Å². The van der Waals surface area contributed by atoms with Crippen molar-refractivity contribution in [2.24, 2.45) is 0 Å². The van der Waals surface area contributed by atoms with E-state index < -0.39 is 0 Å². The lowest BCUT2D eigenvalue weighted by molar-refractivity contribution is 0.207. The van der Waals surface area contributed by atoms with Crippen LogP contribution in [0.3, 0.4) is 0 Å². The number of rotatable bonds is 8. The summed E-state index contributed by atoms with van der Waals surface area (Å²) in [4.78, 5) is 2.28. The zero-order valence-electron chi connectivity index (χ0n) is 12.1. The fourth-order valence-corrected chi connectivity index (χ4v) is 1.61. The maximum Gasteiger partial charge on any atom is 0.123 e. The maximum atomic E-state index is 5.87. The number of ether oxygens (including phenoxy) is 1. The standard InChI is InChI=1S/C15H26N2O/c1-5-16-12-14-8-6-7-9-15(14)18-11-10-17(4)13(2)3/h6-9,13,16H,5,10-12H2,1-4H3. The highest BCUT2D eigenvalue weighted by Gasteiger charge is 2.05. The van der Waals surface area contributed by atoms with E-state index in [0.717, 1.165) is 32.0 Å². The van der Waals surface area contributed by atoms with Gasteiger partial charge >= 0.3 is 0 Å². The predicted molar refractivity (Wildman–Crippen MR) is 77.1 cm³/mol. The molecule has 0 heterocycles. The molecule has 1 aromatic carbocycles. The fraction of sp³-hybridized carbons (Fsp3) is 0.600. The lowest BCUT2D eigenvalue weighted by Gasteiger charge is -2.21. The number of likely N-dealkylation sites (N-methyl/N-ethyl adjacent to an activating group) is 1. The summed E-state index contributed by atoms with van der Waals surface area (Å²) >= 11 is 0. The van der Waals surface area contributed by atoms with E-state index in [4.69, 9.17) is 4.74 Å². The summed E-state index contributed by atoms with van der Waals surface area (Å²) in [5.41, 5.74) is 1.23. The summed E-state index contributed by atoms with van der Waals surface area (Å²) in [6.07, 6.45) is 0. The molecule has 0 radical (unpaired) electrons. The Balaban J connectivity index is 2.45. The number of hydrogen-bond acceptors (Lipinski definition) is 3. The SMILES string of the molecule is CCNCc1ccccc1OCCN(C)C(C)C. The minimum atomic E-state index is 0.561. The van der Waals surface area contributed by atoms with Crippen LogP contribution in [0.1, 0.15) is 26.3 Å². The van der Waals surface area contributed by atoms with E-state index in [0.29, 0.717) is 6.04 Å². The lowest BCUT2D eigenvalue weighted by Crippen LogP contribution is -2.30. The van der Waals surface area contributed by atoms with Crippen LogP contribution in [0.2, 0.25) is 0 Å². The van der Waals surface area contributed by atoms with Gasteiger partial charge in [0.1, 0.15) is 12.4 Å². The van der Waals surface area contributed by atoms with Gasteiger partial charge in [-0.1, -0.05) is 25.1 Å². The van der Waals surface area contributed by atoms with E-state index >= 15 is 0 Å². The smallest absolute Gasteiger partial charge is 0.123 e. The summed E-state index contributed by atoms with van der Waals surface area (Å²) in [7, 11) is 2.12. The molecule has 0 amide bonds. The molecule has 0 atom stereocenters. The van der Waals surface area contributed by atoms with Crippen LogP contribution >= 0.6 is 0 Å². The first-order valence-corrected chi connectivity index (χ1v) is 6.76. The van der Waals surface area contributed by atoms with Gasteiger partial charge in [0, 0.05) is 24.7 Å². The Morgan fingerprint density at radius 2 is 2.00 bits per heavy atom. The largest absolute Gasteiger partial charge is 0.492 e. The highest BCUT2D eigenvalue weighted by atomic mass is 16.5. The molecule has 0 unspecified atom stereocenters. The van der Waals surface area contributed by atoms with E-state index in [1.807, 2.05) is 12.1 Å². The molecule has 0 saturated carbocycles. The molecule has 0 bridgehead atoms. The van der Waals surface area contributed by atoms with Crippen molar-refractivity contribution in [2.45, 2.75) is 33.4 Å². The number of hydrogen-bond donors (Lipinski definition) is 1. The molecule has 18 heavy (non-hydrogen) atoms. The van der Waals surface area contributed by atoms with Gasteiger partial charge < -0.3 is 15.0 Å². The second-order valence-corrected chi connectivity index (χ2v) is 4.81. The Hall–Kier alpha value is -1.06. The molecule has 0 aliphatic rings. The number of nitrogens with one attached hydrogen (secondary N) is 1. The van der Waals surface area contributed by atoms with E-state index in [1.165, 1.54) is 5.56 Å².